The van der Waals surface area contributed by atoms with Crippen molar-refractivity contribution in [2.75, 3.05) is 6.61 Å². The summed E-state index contributed by atoms with van der Waals surface area (Å²) in [5, 5.41) is 9.08. The van der Waals surface area contributed by atoms with Gasteiger partial charge in [-0.1, -0.05) is 6.07 Å². The quantitative estimate of drug-likeness (QED) is 0.892. The molecule has 1 aromatic rings. The van der Waals surface area contributed by atoms with Crippen LogP contribution < -0.4 is 4.74 Å². The lowest BCUT2D eigenvalue weighted by atomic mass is 10.1. The van der Waals surface area contributed by atoms with Crippen molar-refractivity contribution in [2.45, 2.75) is 38.9 Å². The number of carboxylic acids is 1. The molecule has 2 rings (SSSR count). The zero-order valence-corrected chi connectivity index (χ0v) is 10.7. The molecule has 1 heterocycles. The highest BCUT2D eigenvalue weighted by Crippen LogP contribution is 2.23. The highest BCUT2D eigenvalue weighted by atomic mass is 16.5. The fraction of sp³-hybridized carbons (Fsp3) is 0.500. The first-order valence-corrected chi connectivity index (χ1v) is 6.18. The van der Waals surface area contributed by atoms with Crippen LogP contribution in [0.3, 0.4) is 0 Å². The molecule has 0 radical (unpaired) electrons. The van der Waals surface area contributed by atoms with Gasteiger partial charge in [0.15, 0.2) is 0 Å². The third-order valence-electron chi connectivity index (χ3n) is 3.11. The minimum Gasteiger partial charge on any atom is -0.490 e. The maximum atomic E-state index is 11.1. The lowest BCUT2D eigenvalue weighted by Gasteiger charge is -2.14. The summed E-state index contributed by atoms with van der Waals surface area (Å²) in [6, 6.07) is 5.09. The van der Waals surface area contributed by atoms with E-state index >= 15 is 0 Å². The summed E-state index contributed by atoms with van der Waals surface area (Å²) in [5.41, 5.74) is 1.18. The summed E-state index contributed by atoms with van der Waals surface area (Å²) in [5.74, 6) is -0.545. The van der Waals surface area contributed by atoms with Gasteiger partial charge in [-0.15, -0.1) is 0 Å². The predicted octanol–water partition coefficient (Wildman–Crippen LogP) is 2.64. The molecular weight excluding hydrogens is 232 g/mol. The standard InChI is InChI=1S/C14H18O4/c1-9-3-6-12(14(15)16)13(7-9)17-8-11-5-4-10(2)18-11/h3,6-7,10-11H,4-5,8H2,1-2H3,(H,15,16). The van der Waals surface area contributed by atoms with E-state index in [9.17, 15) is 4.79 Å². The largest absolute Gasteiger partial charge is 0.490 e. The van der Waals surface area contributed by atoms with Gasteiger partial charge in [0.25, 0.3) is 0 Å². The van der Waals surface area contributed by atoms with Crippen LogP contribution >= 0.6 is 0 Å². The van der Waals surface area contributed by atoms with Gasteiger partial charge in [-0.25, -0.2) is 4.79 Å². The molecule has 0 aromatic heterocycles. The molecule has 4 nitrogen and oxygen atoms in total. The van der Waals surface area contributed by atoms with E-state index in [1.54, 1.807) is 18.2 Å². The first kappa shape index (κ1) is 12.9. The summed E-state index contributed by atoms with van der Waals surface area (Å²) in [4.78, 5) is 11.1. The molecule has 0 spiro atoms. The zero-order chi connectivity index (χ0) is 13.1. The van der Waals surface area contributed by atoms with E-state index in [-0.39, 0.29) is 17.8 Å². The Hall–Kier alpha value is -1.55. The van der Waals surface area contributed by atoms with Crippen LogP contribution in [-0.2, 0) is 4.74 Å². The summed E-state index contributed by atoms with van der Waals surface area (Å²) >= 11 is 0. The van der Waals surface area contributed by atoms with Crippen molar-refractivity contribution in [2.24, 2.45) is 0 Å². The number of ether oxygens (including phenoxy) is 2. The smallest absolute Gasteiger partial charge is 0.339 e. The fourth-order valence-corrected chi connectivity index (χ4v) is 2.12. The first-order chi connectivity index (χ1) is 8.56. The molecule has 1 aliphatic heterocycles. The number of carboxylic acid groups (broad SMARTS) is 1. The Morgan fingerprint density at radius 2 is 2.28 bits per heavy atom. The molecule has 2 unspecified atom stereocenters. The third kappa shape index (κ3) is 3.01. The molecule has 0 saturated carbocycles. The second-order valence-electron chi connectivity index (χ2n) is 4.76. The van der Waals surface area contributed by atoms with Gasteiger partial charge in [0.1, 0.15) is 17.9 Å². The molecule has 0 bridgehead atoms. The van der Waals surface area contributed by atoms with Crippen molar-refractivity contribution in [3.63, 3.8) is 0 Å². The maximum absolute atomic E-state index is 11.1. The van der Waals surface area contributed by atoms with E-state index in [1.807, 2.05) is 13.8 Å². The van der Waals surface area contributed by atoms with Gasteiger partial charge in [-0.2, -0.15) is 0 Å². The highest BCUT2D eigenvalue weighted by Gasteiger charge is 2.23. The minimum atomic E-state index is -0.967. The van der Waals surface area contributed by atoms with E-state index in [2.05, 4.69) is 0 Å². The van der Waals surface area contributed by atoms with Crippen molar-refractivity contribution < 1.29 is 19.4 Å². The van der Waals surface area contributed by atoms with Crippen LogP contribution in [0.1, 0.15) is 35.7 Å². The molecule has 4 heteroatoms. The van der Waals surface area contributed by atoms with Crippen LogP contribution in [0.15, 0.2) is 18.2 Å². The van der Waals surface area contributed by atoms with Crippen molar-refractivity contribution >= 4 is 5.97 Å². The maximum Gasteiger partial charge on any atom is 0.339 e. The summed E-state index contributed by atoms with van der Waals surface area (Å²) in [6.45, 7) is 4.36. The van der Waals surface area contributed by atoms with Gasteiger partial charge in [0, 0.05) is 0 Å². The number of hydrogen-bond acceptors (Lipinski definition) is 3. The van der Waals surface area contributed by atoms with Crippen LogP contribution in [-0.4, -0.2) is 29.9 Å². The third-order valence-corrected chi connectivity index (χ3v) is 3.11. The molecule has 1 aromatic carbocycles. The van der Waals surface area contributed by atoms with Crippen molar-refractivity contribution in [3.05, 3.63) is 29.3 Å². The zero-order valence-electron chi connectivity index (χ0n) is 10.7. The molecule has 1 fully saturated rings. The van der Waals surface area contributed by atoms with E-state index in [1.165, 1.54) is 0 Å². The molecule has 1 saturated heterocycles. The number of benzene rings is 1. The summed E-state index contributed by atoms with van der Waals surface area (Å²) in [6.07, 6.45) is 2.35. The number of hydrogen-bond donors (Lipinski definition) is 1. The van der Waals surface area contributed by atoms with Crippen molar-refractivity contribution in [1.82, 2.24) is 0 Å². The Bertz CT molecular complexity index is 441. The molecular formula is C14H18O4. The SMILES string of the molecule is Cc1ccc(C(=O)O)c(OCC2CCC(C)O2)c1. The molecule has 0 amide bonds. The second-order valence-corrected chi connectivity index (χ2v) is 4.76. The van der Waals surface area contributed by atoms with E-state index in [4.69, 9.17) is 14.6 Å². The molecule has 0 aliphatic carbocycles. The molecule has 1 N–H and O–H groups in total. The molecule has 1 aliphatic rings. The van der Waals surface area contributed by atoms with Crippen LogP contribution in [0.4, 0.5) is 0 Å². The van der Waals surface area contributed by atoms with E-state index in [0.29, 0.717) is 12.4 Å². The Morgan fingerprint density at radius 3 is 2.89 bits per heavy atom. The van der Waals surface area contributed by atoms with Gasteiger partial charge < -0.3 is 14.6 Å². The van der Waals surface area contributed by atoms with Gasteiger partial charge >= 0.3 is 5.97 Å². The monoisotopic (exact) mass is 250 g/mol. The Balaban J connectivity index is 2.04. The second kappa shape index (κ2) is 5.40. The number of rotatable bonds is 4. The highest BCUT2D eigenvalue weighted by molar-refractivity contribution is 5.90. The number of carbonyl (C=O) groups is 1. The minimum absolute atomic E-state index is 0.0714. The van der Waals surface area contributed by atoms with Gasteiger partial charge in [0.2, 0.25) is 0 Å². The van der Waals surface area contributed by atoms with Crippen LogP contribution in [0.2, 0.25) is 0 Å². The number of aryl methyl sites for hydroxylation is 1. The van der Waals surface area contributed by atoms with Gasteiger partial charge in [-0.05, 0) is 44.4 Å². The Kier molecular flexibility index (Phi) is 3.87. The predicted molar refractivity (Wildman–Crippen MR) is 67.2 cm³/mol. The summed E-state index contributed by atoms with van der Waals surface area (Å²) < 4.78 is 11.2. The van der Waals surface area contributed by atoms with Crippen LogP contribution in [0.5, 0.6) is 5.75 Å². The van der Waals surface area contributed by atoms with Gasteiger partial charge in [-0.3, -0.25) is 0 Å². The Labute approximate surface area is 107 Å². The molecule has 18 heavy (non-hydrogen) atoms. The van der Waals surface area contributed by atoms with Crippen LogP contribution in [0, 0.1) is 6.92 Å². The molecule has 2 atom stereocenters. The van der Waals surface area contributed by atoms with Crippen LogP contribution in [0.25, 0.3) is 0 Å². The lowest BCUT2D eigenvalue weighted by molar-refractivity contribution is 0.0259. The lowest BCUT2D eigenvalue weighted by Crippen LogP contribution is -2.18. The van der Waals surface area contributed by atoms with Gasteiger partial charge in [0.05, 0.1) is 12.2 Å². The summed E-state index contributed by atoms with van der Waals surface area (Å²) in [7, 11) is 0. The van der Waals surface area contributed by atoms with E-state index in [0.717, 1.165) is 18.4 Å². The average Bonchev–Trinajstić information content (AvgIpc) is 2.72. The van der Waals surface area contributed by atoms with Crippen molar-refractivity contribution in [1.29, 1.82) is 0 Å². The molecule has 98 valence electrons. The average molecular weight is 250 g/mol. The topological polar surface area (TPSA) is 55.8 Å². The normalized spacial score (nSPS) is 23.0. The number of aromatic carboxylic acids is 1. The van der Waals surface area contributed by atoms with E-state index < -0.39 is 5.97 Å². The fourth-order valence-electron chi connectivity index (χ4n) is 2.12. The van der Waals surface area contributed by atoms with Crippen molar-refractivity contribution in [3.8, 4) is 5.75 Å². The first-order valence-electron chi connectivity index (χ1n) is 6.18. The Morgan fingerprint density at radius 1 is 1.50 bits per heavy atom.